The number of thioether (sulfide) groups is 1. The third-order valence-electron chi connectivity index (χ3n) is 3.83. The van der Waals surface area contributed by atoms with E-state index in [2.05, 4.69) is 22.0 Å². The maximum Gasteiger partial charge on any atom is 0.235 e. The van der Waals surface area contributed by atoms with E-state index in [1.54, 1.807) is 18.7 Å². The number of carbonyl (C=O) groups excluding carboxylic acids is 1. The van der Waals surface area contributed by atoms with Gasteiger partial charge in [0.05, 0.1) is 11.8 Å². The zero-order chi connectivity index (χ0) is 15.9. The third-order valence-corrected chi connectivity index (χ3v) is 5.06. The lowest BCUT2D eigenvalue weighted by Crippen LogP contribution is -2.50. The first-order valence-corrected chi connectivity index (χ1v) is 9.07. The predicted molar refractivity (Wildman–Crippen MR) is 87.7 cm³/mol. The highest BCUT2D eigenvalue weighted by molar-refractivity contribution is 8.00. The average molecular weight is 326 g/mol. The van der Waals surface area contributed by atoms with Crippen LogP contribution in [-0.4, -0.2) is 63.0 Å². The van der Waals surface area contributed by atoms with E-state index < -0.39 is 0 Å². The van der Waals surface area contributed by atoms with E-state index in [1.165, 1.54) is 12.8 Å². The van der Waals surface area contributed by atoms with Crippen LogP contribution in [0.25, 0.3) is 0 Å². The normalized spacial score (nSPS) is 17.7. The summed E-state index contributed by atoms with van der Waals surface area (Å²) in [4.78, 5) is 20.9. The van der Waals surface area contributed by atoms with E-state index in [0.717, 1.165) is 37.8 Å². The topological polar surface area (TPSA) is 62.5 Å². The van der Waals surface area contributed by atoms with Gasteiger partial charge in [-0.2, -0.15) is 4.98 Å². The monoisotopic (exact) mass is 326 g/mol. The Hall–Kier alpha value is -1.08. The third kappa shape index (κ3) is 4.98. The zero-order valence-corrected chi connectivity index (χ0v) is 14.6. The van der Waals surface area contributed by atoms with Crippen LogP contribution >= 0.6 is 11.8 Å². The number of aryl methyl sites for hydroxylation is 1. The van der Waals surface area contributed by atoms with Gasteiger partial charge in [0, 0.05) is 33.1 Å². The highest BCUT2D eigenvalue weighted by atomic mass is 32.2. The molecule has 0 bridgehead atoms. The molecule has 22 heavy (non-hydrogen) atoms. The number of piperazine rings is 1. The van der Waals surface area contributed by atoms with Crippen LogP contribution in [-0.2, 0) is 11.3 Å². The van der Waals surface area contributed by atoms with Crippen LogP contribution in [0.2, 0.25) is 0 Å². The summed E-state index contributed by atoms with van der Waals surface area (Å²) < 4.78 is 4.99. The number of hydrogen-bond donors (Lipinski definition) is 0. The summed E-state index contributed by atoms with van der Waals surface area (Å²) in [6.45, 7) is 10.00. The molecule has 0 saturated carbocycles. The van der Waals surface area contributed by atoms with Gasteiger partial charge in [0.1, 0.15) is 0 Å². The van der Waals surface area contributed by atoms with E-state index in [1.807, 2.05) is 11.8 Å². The maximum absolute atomic E-state index is 12.4. The average Bonchev–Trinajstić information content (AvgIpc) is 2.92. The molecule has 0 aliphatic carbocycles. The molecule has 0 aromatic carbocycles. The molecule has 1 aliphatic heterocycles. The number of hydrogen-bond acceptors (Lipinski definition) is 6. The summed E-state index contributed by atoms with van der Waals surface area (Å²) >= 11 is 1.77. The van der Waals surface area contributed by atoms with Crippen LogP contribution in [0.3, 0.4) is 0 Å². The van der Waals surface area contributed by atoms with Crippen molar-refractivity contribution in [2.75, 3.05) is 31.9 Å². The van der Waals surface area contributed by atoms with Crippen molar-refractivity contribution in [2.45, 2.75) is 45.4 Å². The second-order valence-corrected chi connectivity index (χ2v) is 7.15. The van der Waals surface area contributed by atoms with Gasteiger partial charge in [0.15, 0.2) is 5.82 Å². The number of amides is 1. The van der Waals surface area contributed by atoms with E-state index >= 15 is 0 Å². The summed E-state index contributed by atoms with van der Waals surface area (Å²) in [5.41, 5.74) is 0. The fourth-order valence-corrected chi connectivity index (χ4v) is 3.57. The first-order valence-electron chi connectivity index (χ1n) is 8.02. The molecule has 0 N–H and O–H groups in total. The van der Waals surface area contributed by atoms with Crippen molar-refractivity contribution in [1.82, 2.24) is 19.9 Å². The molecule has 6 nitrogen and oxygen atoms in total. The van der Waals surface area contributed by atoms with E-state index in [9.17, 15) is 4.79 Å². The van der Waals surface area contributed by atoms with E-state index in [-0.39, 0.29) is 11.2 Å². The molecule has 1 amide bonds. The van der Waals surface area contributed by atoms with Crippen LogP contribution in [0.5, 0.6) is 0 Å². The molecule has 1 fully saturated rings. The minimum absolute atomic E-state index is 0.0676. The minimum Gasteiger partial charge on any atom is -0.340 e. The summed E-state index contributed by atoms with van der Waals surface area (Å²) in [5, 5.41) is 3.99. The fourth-order valence-electron chi connectivity index (χ4n) is 2.46. The molecule has 7 heteroatoms. The van der Waals surface area contributed by atoms with Crippen LogP contribution in [0.15, 0.2) is 4.52 Å². The molecular formula is C15H26N4O2S. The van der Waals surface area contributed by atoms with Crippen molar-refractivity contribution >= 4 is 17.7 Å². The minimum atomic E-state index is 0.0676. The van der Waals surface area contributed by atoms with Crippen molar-refractivity contribution < 1.29 is 9.32 Å². The molecule has 2 rings (SSSR count). The van der Waals surface area contributed by atoms with Gasteiger partial charge in [-0.25, -0.2) is 0 Å². The quantitative estimate of drug-likeness (QED) is 0.714. The fraction of sp³-hybridized carbons (Fsp3) is 0.800. The van der Waals surface area contributed by atoms with Gasteiger partial charge >= 0.3 is 0 Å². The summed E-state index contributed by atoms with van der Waals surface area (Å²) in [6.07, 6.45) is 2.36. The van der Waals surface area contributed by atoms with E-state index in [0.29, 0.717) is 12.4 Å². The first-order chi connectivity index (χ1) is 10.6. The standard InChI is InChI=1S/C15H26N4O2S/c1-4-5-10-22-12(2)15(20)19-8-6-18(7-9-19)11-14-16-13(3)21-17-14/h12H,4-11H2,1-3H3/t12-/m0/s1. The van der Waals surface area contributed by atoms with Crippen LogP contribution in [0, 0.1) is 6.92 Å². The maximum atomic E-state index is 12.4. The Kier molecular flexibility index (Phi) is 6.70. The lowest BCUT2D eigenvalue weighted by Gasteiger charge is -2.35. The molecule has 1 saturated heterocycles. The molecule has 0 spiro atoms. The highest BCUT2D eigenvalue weighted by Gasteiger charge is 2.25. The highest BCUT2D eigenvalue weighted by Crippen LogP contribution is 2.17. The number of aromatic nitrogens is 2. The lowest BCUT2D eigenvalue weighted by molar-refractivity contribution is -0.132. The molecule has 1 aromatic heterocycles. The van der Waals surface area contributed by atoms with Gasteiger partial charge in [-0.05, 0) is 19.1 Å². The van der Waals surface area contributed by atoms with Crippen LogP contribution < -0.4 is 0 Å². The number of nitrogens with zero attached hydrogens (tertiary/aromatic N) is 4. The summed E-state index contributed by atoms with van der Waals surface area (Å²) in [7, 11) is 0. The Labute approximate surface area is 136 Å². The van der Waals surface area contributed by atoms with Crippen molar-refractivity contribution in [1.29, 1.82) is 0 Å². The molecule has 0 unspecified atom stereocenters. The van der Waals surface area contributed by atoms with Crippen LogP contribution in [0.1, 0.15) is 38.4 Å². The molecule has 1 aliphatic rings. The Morgan fingerprint density at radius 3 is 2.68 bits per heavy atom. The van der Waals surface area contributed by atoms with Crippen molar-refractivity contribution in [3.8, 4) is 0 Å². The number of rotatable bonds is 7. The van der Waals surface area contributed by atoms with Gasteiger partial charge < -0.3 is 9.42 Å². The lowest BCUT2D eigenvalue weighted by atomic mass is 10.3. The van der Waals surface area contributed by atoms with E-state index in [4.69, 9.17) is 4.52 Å². The molecule has 0 radical (unpaired) electrons. The number of carbonyl (C=O) groups is 1. The second-order valence-electron chi connectivity index (χ2n) is 5.70. The molecule has 1 atom stereocenters. The Morgan fingerprint density at radius 1 is 1.36 bits per heavy atom. The summed E-state index contributed by atoms with van der Waals surface area (Å²) in [6, 6.07) is 0. The van der Waals surface area contributed by atoms with Gasteiger partial charge in [-0.3, -0.25) is 9.69 Å². The van der Waals surface area contributed by atoms with Crippen molar-refractivity contribution in [2.24, 2.45) is 0 Å². The molecule has 124 valence electrons. The van der Waals surface area contributed by atoms with Gasteiger partial charge in [-0.15, -0.1) is 11.8 Å². The molecular weight excluding hydrogens is 300 g/mol. The predicted octanol–water partition coefficient (Wildman–Crippen LogP) is 1.94. The number of unbranched alkanes of at least 4 members (excludes halogenated alkanes) is 1. The SMILES string of the molecule is CCCCS[C@@H](C)C(=O)N1CCN(Cc2noc(C)n2)CC1. The Bertz CT molecular complexity index is 472. The first kappa shape index (κ1) is 17.3. The zero-order valence-electron chi connectivity index (χ0n) is 13.7. The van der Waals surface area contributed by atoms with Gasteiger partial charge in [0.2, 0.25) is 11.8 Å². The van der Waals surface area contributed by atoms with Crippen molar-refractivity contribution in [3.63, 3.8) is 0 Å². The van der Waals surface area contributed by atoms with Gasteiger partial charge in [0.25, 0.3) is 0 Å². The Balaban J connectivity index is 1.73. The summed E-state index contributed by atoms with van der Waals surface area (Å²) in [5.74, 6) is 2.67. The molecule has 1 aromatic rings. The van der Waals surface area contributed by atoms with Crippen LogP contribution in [0.4, 0.5) is 0 Å². The van der Waals surface area contributed by atoms with Crippen molar-refractivity contribution in [3.05, 3.63) is 11.7 Å². The second kappa shape index (κ2) is 8.53. The van der Waals surface area contributed by atoms with Gasteiger partial charge in [-0.1, -0.05) is 18.5 Å². The molecule has 2 heterocycles. The largest absolute Gasteiger partial charge is 0.340 e. The Morgan fingerprint density at radius 2 is 2.09 bits per heavy atom. The smallest absolute Gasteiger partial charge is 0.235 e.